The van der Waals surface area contributed by atoms with Crippen molar-refractivity contribution < 1.29 is 33.3 Å². The van der Waals surface area contributed by atoms with Gasteiger partial charge in [-0.25, -0.2) is 4.79 Å². The number of methoxy groups -OCH3 is 1. The minimum Gasteiger partial charge on any atom is -0.497 e. The van der Waals surface area contributed by atoms with Crippen LogP contribution >= 0.6 is 0 Å². The standard InChI is InChI=1S/C23H20N2O7/c1-12-16(7-14-6-15(29-3)4-5-18(14)24-12)23(28)30-10-22(27)25-19-9-21-20(31-11-32-21)8-17(19)13(2)26/h4-9H,10-11H2,1-3H3,(H,25,27). The normalized spacial score (nSPS) is 11.8. The van der Waals surface area contributed by atoms with Crippen LogP contribution in [0.15, 0.2) is 36.4 Å². The Labute approximate surface area is 183 Å². The van der Waals surface area contributed by atoms with E-state index in [2.05, 4.69) is 10.3 Å². The molecule has 2 heterocycles. The molecule has 1 N–H and O–H groups in total. The van der Waals surface area contributed by atoms with Gasteiger partial charge in [0.2, 0.25) is 6.79 Å². The van der Waals surface area contributed by atoms with E-state index < -0.39 is 18.5 Å². The lowest BCUT2D eigenvalue weighted by atomic mass is 10.1. The Morgan fingerprint density at radius 3 is 2.53 bits per heavy atom. The van der Waals surface area contributed by atoms with Crippen molar-refractivity contribution in [2.45, 2.75) is 13.8 Å². The highest BCUT2D eigenvalue weighted by Gasteiger charge is 2.21. The molecule has 0 bridgehead atoms. The summed E-state index contributed by atoms with van der Waals surface area (Å²) >= 11 is 0. The molecule has 9 heteroatoms. The van der Waals surface area contributed by atoms with Crippen LogP contribution in [0.2, 0.25) is 0 Å². The minimum absolute atomic E-state index is 0.0344. The summed E-state index contributed by atoms with van der Waals surface area (Å²) in [6.45, 7) is 2.55. The van der Waals surface area contributed by atoms with Gasteiger partial charge in [-0.1, -0.05) is 0 Å². The lowest BCUT2D eigenvalue weighted by Gasteiger charge is -2.12. The fraction of sp³-hybridized carbons (Fsp3) is 0.217. The summed E-state index contributed by atoms with van der Waals surface area (Å²) in [5.41, 5.74) is 1.93. The quantitative estimate of drug-likeness (QED) is 0.463. The van der Waals surface area contributed by atoms with Gasteiger partial charge in [0.1, 0.15) is 5.75 Å². The molecule has 3 aromatic rings. The lowest BCUT2D eigenvalue weighted by Crippen LogP contribution is -2.22. The van der Waals surface area contributed by atoms with E-state index in [9.17, 15) is 14.4 Å². The second-order valence-corrected chi connectivity index (χ2v) is 7.11. The second-order valence-electron chi connectivity index (χ2n) is 7.11. The molecule has 0 atom stereocenters. The Bertz CT molecular complexity index is 1250. The molecule has 4 rings (SSSR count). The van der Waals surface area contributed by atoms with Gasteiger partial charge in [0.05, 0.1) is 29.6 Å². The Hall–Kier alpha value is -4.14. The van der Waals surface area contributed by atoms with Crippen LogP contribution < -0.4 is 19.5 Å². The zero-order valence-corrected chi connectivity index (χ0v) is 17.7. The third-order valence-corrected chi connectivity index (χ3v) is 4.93. The molecular weight excluding hydrogens is 416 g/mol. The summed E-state index contributed by atoms with van der Waals surface area (Å²) < 4.78 is 20.9. The van der Waals surface area contributed by atoms with Gasteiger partial charge in [0, 0.05) is 17.0 Å². The number of anilines is 1. The molecule has 0 spiro atoms. The number of aryl methyl sites for hydroxylation is 1. The summed E-state index contributed by atoms with van der Waals surface area (Å²) in [7, 11) is 1.55. The van der Waals surface area contributed by atoms with Crippen molar-refractivity contribution in [2.24, 2.45) is 0 Å². The number of amides is 1. The van der Waals surface area contributed by atoms with Crippen LogP contribution in [0.3, 0.4) is 0 Å². The van der Waals surface area contributed by atoms with Gasteiger partial charge in [-0.2, -0.15) is 0 Å². The number of ether oxygens (including phenoxy) is 4. The van der Waals surface area contributed by atoms with Gasteiger partial charge in [-0.15, -0.1) is 0 Å². The molecule has 0 fully saturated rings. The Morgan fingerprint density at radius 2 is 1.81 bits per heavy atom. The van der Waals surface area contributed by atoms with Gasteiger partial charge in [-0.3, -0.25) is 14.6 Å². The van der Waals surface area contributed by atoms with Crippen molar-refractivity contribution in [3.05, 3.63) is 53.2 Å². The first-order valence-electron chi connectivity index (χ1n) is 9.72. The Balaban J connectivity index is 1.47. The average molecular weight is 436 g/mol. The van der Waals surface area contributed by atoms with Crippen molar-refractivity contribution in [1.29, 1.82) is 0 Å². The fourth-order valence-corrected chi connectivity index (χ4v) is 3.32. The van der Waals surface area contributed by atoms with Crippen molar-refractivity contribution in [3.63, 3.8) is 0 Å². The Kier molecular flexibility index (Phi) is 5.63. The molecule has 0 saturated carbocycles. The largest absolute Gasteiger partial charge is 0.497 e. The Morgan fingerprint density at radius 1 is 1.06 bits per heavy atom. The van der Waals surface area contributed by atoms with Crippen LogP contribution in [0, 0.1) is 6.92 Å². The van der Waals surface area contributed by atoms with Gasteiger partial charge in [0.15, 0.2) is 23.9 Å². The second kappa shape index (κ2) is 8.54. The molecule has 0 saturated heterocycles. The maximum Gasteiger partial charge on any atom is 0.340 e. The zero-order chi connectivity index (χ0) is 22.8. The monoisotopic (exact) mass is 436 g/mol. The van der Waals surface area contributed by atoms with Crippen LogP contribution in [0.25, 0.3) is 10.9 Å². The first-order valence-corrected chi connectivity index (χ1v) is 9.72. The number of nitrogens with zero attached hydrogens (tertiary/aromatic N) is 1. The predicted molar refractivity (Wildman–Crippen MR) is 115 cm³/mol. The highest BCUT2D eigenvalue weighted by molar-refractivity contribution is 6.05. The van der Waals surface area contributed by atoms with Crippen LogP contribution in [-0.4, -0.2) is 43.2 Å². The summed E-state index contributed by atoms with van der Waals surface area (Å²) in [4.78, 5) is 41.3. The van der Waals surface area contributed by atoms with E-state index in [4.69, 9.17) is 18.9 Å². The number of pyridine rings is 1. The van der Waals surface area contributed by atoms with Crippen LogP contribution in [0.5, 0.6) is 17.2 Å². The molecule has 9 nitrogen and oxygen atoms in total. The van der Waals surface area contributed by atoms with Crippen molar-refractivity contribution in [3.8, 4) is 17.2 Å². The molecule has 164 valence electrons. The van der Waals surface area contributed by atoms with Crippen molar-refractivity contribution >= 4 is 34.3 Å². The van der Waals surface area contributed by atoms with E-state index in [1.54, 1.807) is 38.3 Å². The number of fused-ring (bicyclic) bond motifs is 2. The number of esters is 1. The number of rotatable bonds is 6. The molecule has 0 radical (unpaired) electrons. The number of ketones is 1. The molecular formula is C23H20N2O7. The number of carbonyl (C=O) groups excluding carboxylic acids is 3. The maximum absolute atomic E-state index is 12.6. The molecule has 1 aliphatic rings. The minimum atomic E-state index is -0.688. The van der Waals surface area contributed by atoms with Crippen LogP contribution in [0.4, 0.5) is 5.69 Å². The van der Waals surface area contributed by atoms with Gasteiger partial charge in [-0.05, 0) is 44.2 Å². The molecule has 1 amide bonds. The van der Waals surface area contributed by atoms with E-state index in [0.29, 0.717) is 33.8 Å². The summed E-state index contributed by atoms with van der Waals surface area (Å²) in [5, 5.41) is 3.29. The molecule has 32 heavy (non-hydrogen) atoms. The van der Waals surface area contributed by atoms with Gasteiger partial charge in [0.25, 0.3) is 5.91 Å². The number of Topliss-reactive ketones (excluding diaryl/α,β-unsaturated/α-hetero) is 1. The number of carbonyl (C=O) groups is 3. The predicted octanol–water partition coefficient (Wildman–Crippen LogP) is 3.28. The van der Waals surface area contributed by atoms with Crippen molar-refractivity contribution in [1.82, 2.24) is 4.98 Å². The molecule has 0 aliphatic carbocycles. The first-order chi connectivity index (χ1) is 15.4. The third kappa shape index (κ3) is 4.18. The molecule has 1 aliphatic heterocycles. The number of benzene rings is 2. The fourth-order valence-electron chi connectivity index (χ4n) is 3.32. The van der Waals surface area contributed by atoms with Crippen LogP contribution in [-0.2, 0) is 9.53 Å². The average Bonchev–Trinajstić information content (AvgIpc) is 3.23. The van der Waals surface area contributed by atoms with Gasteiger partial charge < -0.3 is 24.3 Å². The van der Waals surface area contributed by atoms with Gasteiger partial charge >= 0.3 is 5.97 Å². The summed E-state index contributed by atoms with van der Waals surface area (Å²) in [6.07, 6.45) is 0. The number of hydrogen-bond acceptors (Lipinski definition) is 8. The SMILES string of the molecule is COc1ccc2nc(C)c(C(=O)OCC(=O)Nc3cc4c(cc3C(C)=O)OCO4)cc2c1. The molecule has 2 aromatic carbocycles. The lowest BCUT2D eigenvalue weighted by molar-refractivity contribution is -0.119. The van der Waals surface area contributed by atoms with E-state index in [1.807, 2.05) is 0 Å². The molecule has 1 aromatic heterocycles. The third-order valence-electron chi connectivity index (χ3n) is 4.93. The number of nitrogens with one attached hydrogen (secondary N) is 1. The summed E-state index contributed by atoms with van der Waals surface area (Å²) in [6, 6.07) is 9.98. The van der Waals surface area contributed by atoms with E-state index >= 15 is 0 Å². The highest BCUT2D eigenvalue weighted by atomic mass is 16.7. The maximum atomic E-state index is 12.6. The van der Waals surface area contributed by atoms with E-state index in [-0.39, 0.29) is 29.4 Å². The zero-order valence-electron chi connectivity index (χ0n) is 17.7. The van der Waals surface area contributed by atoms with Crippen LogP contribution in [0.1, 0.15) is 33.3 Å². The highest BCUT2D eigenvalue weighted by Crippen LogP contribution is 2.37. The smallest absolute Gasteiger partial charge is 0.340 e. The number of aromatic nitrogens is 1. The van der Waals surface area contributed by atoms with E-state index in [1.165, 1.54) is 19.1 Å². The summed E-state index contributed by atoms with van der Waals surface area (Å²) in [5.74, 6) is -0.0815. The van der Waals surface area contributed by atoms with E-state index in [0.717, 1.165) is 0 Å². The molecule has 0 unspecified atom stereocenters. The first kappa shape index (κ1) is 21.1. The topological polar surface area (TPSA) is 113 Å². The van der Waals surface area contributed by atoms with Crippen molar-refractivity contribution in [2.75, 3.05) is 25.8 Å². The number of hydrogen-bond donors (Lipinski definition) is 1.